The van der Waals surface area contributed by atoms with Gasteiger partial charge in [-0.25, -0.2) is 4.79 Å². The lowest BCUT2D eigenvalue weighted by molar-refractivity contribution is 0.562. The molecule has 0 aromatic rings. The SMILES string of the molecule is C=CC([C]=O)=C=C=O. The van der Waals surface area contributed by atoms with Crippen molar-refractivity contribution in [2.75, 3.05) is 0 Å². The second-order valence-corrected chi connectivity index (χ2v) is 0.947. The minimum atomic E-state index is 0.000000000000000222. The Hall–Kier alpha value is -1.36. The zero-order valence-corrected chi connectivity index (χ0v) is 4.10. The molecule has 8 heavy (non-hydrogen) atoms. The zero-order valence-electron chi connectivity index (χ0n) is 4.10. The van der Waals surface area contributed by atoms with Gasteiger partial charge >= 0.3 is 0 Å². The molecule has 2 nitrogen and oxygen atoms in total. The monoisotopic (exact) mass is 107 g/mol. The van der Waals surface area contributed by atoms with Gasteiger partial charge in [0, 0.05) is 0 Å². The van der Waals surface area contributed by atoms with Crippen molar-refractivity contribution in [1.82, 2.24) is 0 Å². The first-order valence-corrected chi connectivity index (χ1v) is 1.86. The van der Waals surface area contributed by atoms with Gasteiger partial charge in [-0.1, -0.05) is 6.58 Å². The summed E-state index contributed by atoms with van der Waals surface area (Å²) < 4.78 is 0. The number of allylic oxidation sites excluding steroid dienone is 2. The fraction of sp³-hybridized carbons (Fsp3) is 0. The summed E-state index contributed by atoms with van der Waals surface area (Å²) >= 11 is 0. The second kappa shape index (κ2) is 3.82. The van der Waals surface area contributed by atoms with Crippen molar-refractivity contribution in [2.45, 2.75) is 0 Å². The Kier molecular flexibility index (Phi) is 3.17. The number of carbonyl (C=O) groups excluding carboxylic acids is 2. The fourth-order valence-corrected chi connectivity index (χ4v) is 0.173. The normalized spacial score (nSPS) is 6.00. The van der Waals surface area contributed by atoms with Crippen LogP contribution >= 0.6 is 0 Å². The maximum Gasteiger partial charge on any atom is 0.242 e. The van der Waals surface area contributed by atoms with Gasteiger partial charge in [-0.15, -0.1) is 0 Å². The van der Waals surface area contributed by atoms with E-state index >= 15 is 0 Å². The van der Waals surface area contributed by atoms with Gasteiger partial charge in [0.15, 0.2) is 5.94 Å². The van der Waals surface area contributed by atoms with Crippen LogP contribution in [0.25, 0.3) is 0 Å². The van der Waals surface area contributed by atoms with Crippen LogP contribution in [0.5, 0.6) is 0 Å². The molecule has 0 aliphatic rings. The highest BCUT2D eigenvalue weighted by Gasteiger charge is 1.81. The Bertz CT molecular complexity index is 169. The van der Waals surface area contributed by atoms with E-state index in [1.54, 1.807) is 0 Å². The molecule has 0 heterocycles. The van der Waals surface area contributed by atoms with E-state index in [4.69, 9.17) is 0 Å². The molecule has 0 fully saturated rings. The summed E-state index contributed by atoms with van der Waals surface area (Å²) in [5, 5.41) is 0. The lowest BCUT2D eigenvalue weighted by atomic mass is 10.3. The first-order valence-electron chi connectivity index (χ1n) is 1.86. The van der Waals surface area contributed by atoms with Crippen LogP contribution in [0, 0.1) is 0 Å². The molecule has 0 spiro atoms. The molecule has 1 radical (unpaired) electrons. The minimum absolute atomic E-state index is 0.000000000000000222. The summed E-state index contributed by atoms with van der Waals surface area (Å²) in [6.07, 6.45) is 2.61. The second-order valence-electron chi connectivity index (χ2n) is 0.947. The summed E-state index contributed by atoms with van der Waals surface area (Å²) in [5.41, 5.74) is 1.95. The van der Waals surface area contributed by atoms with Crippen LogP contribution in [0.1, 0.15) is 0 Å². The largest absolute Gasteiger partial charge is 0.284 e. The minimum Gasteiger partial charge on any atom is -0.284 e. The molecule has 0 atom stereocenters. The van der Waals surface area contributed by atoms with Crippen LogP contribution in [0.15, 0.2) is 24.0 Å². The van der Waals surface area contributed by atoms with Gasteiger partial charge in [-0.05, 0) is 11.8 Å². The van der Waals surface area contributed by atoms with Gasteiger partial charge in [0.05, 0.1) is 5.57 Å². The molecule has 0 aromatic carbocycles. The van der Waals surface area contributed by atoms with Crippen LogP contribution in [-0.2, 0) is 9.59 Å². The Morgan fingerprint density at radius 2 is 2.12 bits per heavy atom. The number of hydrogen-bond acceptors (Lipinski definition) is 2. The van der Waals surface area contributed by atoms with Crippen LogP contribution in [0.4, 0.5) is 0 Å². The van der Waals surface area contributed by atoms with Crippen LogP contribution in [0.3, 0.4) is 0 Å². The summed E-state index contributed by atoms with van der Waals surface area (Å²) in [6, 6.07) is 0. The third-order valence-corrected chi connectivity index (χ3v) is 0.500. The first kappa shape index (κ1) is 6.64. The quantitative estimate of drug-likeness (QED) is 0.218. The zero-order chi connectivity index (χ0) is 6.41. The molecular weight excluding hydrogens is 104 g/mol. The van der Waals surface area contributed by atoms with E-state index in [2.05, 4.69) is 6.58 Å². The summed E-state index contributed by atoms with van der Waals surface area (Å²) in [6.45, 7) is 3.21. The van der Waals surface area contributed by atoms with Crippen molar-refractivity contribution >= 4 is 12.2 Å². The van der Waals surface area contributed by atoms with E-state index in [9.17, 15) is 9.59 Å². The highest BCUT2D eigenvalue weighted by Crippen LogP contribution is 1.81. The molecular formula is C6H3O2. The van der Waals surface area contributed by atoms with Crippen LogP contribution in [-0.4, -0.2) is 12.2 Å². The van der Waals surface area contributed by atoms with Gasteiger partial charge in [-0.3, -0.25) is 4.79 Å². The predicted octanol–water partition coefficient (Wildman–Crippen LogP) is 0.195. The molecule has 0 aliphatic heterocycles. The smallest absolute Gasteiger partial charge is 0.242 e. The molecule has 0 bridgehead atoms. The maximum atomic E-state index is 9.65. The van der Waals surface area contributed by atoms with Gasteiger partial charge in [0.2, 0.25) is 6.29 Å². The Morgan fingerprint density at radius 3 is 2.25 bits per heavy atom. The van der Waals surface area contributed by atoms with Crippen molar-refractivity contribution in [3.63, 3.8) is 0 Å². The van der Waals surface area contributed by atoms with Gasteiger partial charge in [0.25, 0.3) is 0 Å². The molecule has 0 saturated heterocycles. The van der Waals surface area contributed by atoms with E-state index in [1.807, 2.05) is 5.73 Å². The van der Waals surface area contributed by atoms with Gasteiger partial charge in [-0.2, -0.15) is 0 Å². The first-order chi connectivity index (χ1) is 3.85. The van der Waals surface area contributed by atoms with E-state index < -0.39 is 0 Å². The molecule has 0 aromatic heterocycles. The third kappa shape index (κ3) is 1.93. The average molecular weight is 107 g/mol. The van der Waals surface area contributed by atoms with Crippen molar-refractivity contribution in [3.8, 4) is 0 Å². The van der Waals surface area contributed by atoms with Gasteiger partial charge in [0.1, 0.15) is 0 Å². The van der Waals surface area contributed by atoms with E-state index in [1.165, 1.54) is 18.3 Å². The third-order valence-electron chi connectivity index (χ3n) is 0.500. The highest BCUT2D eigenvalue weighted by atomic mass is 16.1. The number of rotatable bonds is 2. The number of hydrogen-bond donors (Lipinski definition) is 0. The summed E-state index contributed by atoms with van der Waals surface area (Å²) in [7, 11) is 0. The summed E-state index contributed by atoms with van der Waals surface area (Å²) in [4.78, 5) is 19.1. The lowest BCUT2D eigenvalue weighted by Gasteiger charge is -1.69. The molecule has 0 saturated carbocycles. The molecule has 0 N–H and O–H groups in total. The topological polar surface area (TPSA) is 34.1 Å². The van der Waals surface area contributed by atoms with Crippen molar-refractivity contribution in [1.29, 1.82) is 0 Å². The van der Waals surface area contributed by atoms with Crippen molar-refractivity contribution in [3.05, 3.63) is 24.0 Å². The maximum absolute atomic E-state index is 9.65. The Morgan fingerprint density at radius 1 is 1.50 bits per heavy atom. The standard InChI is InChI=1S/C6H3O2/c1-2-6(5-8)3-4-7/h2H,1H2. The molecule has 2 heteroatoms. The van der Waals surface area contributed by atoms with Crippen molar-refractivity contribution < 1.29 is 9.59 Å². The Labute approximate surface area is 46.8 Å². The molecule has 39 valence electrons. The predicted molar refractivity (Wildman–Crippen MR) is 28.6 cm³/mol. The average Bonchev–Trinajstić information content (AvgIpc) is 1.83. The van der Waals surface area contributed by atoms with E-state index in [0.717, 1.165) is 0 Å². The van der Waals surface area contributed by atoms with Crippen LogP contribution in [0.2, 0.25) is 0 Å². The molecule has 0 amide bonds. The van der Waals surface area contributed by atoms with Crippen molar-refractivity contribution in [2.24, 2.45) is 0 Å². The van der Waals surface area contributed by atoms with E-state index in [0.29, 0.717) is 0 Å². The molecule has 0 unspecified atom stereocenters. The molecule has 0 rings (SSSR count). The highest BCUT2D eigenvalue weighted by molar-refractivity contribution is 5.79. The fourth-order valence-electron chi connectivity index (χ4n) is 0.173. The van der Waals surface area contributed by atoms with Gasteiger partial charge < -0.3 is 0 Å². The van der Waals surface area contributed by atoms with Crippen LogP contribution < -0.4 is 0 Å². The van der Waals surface area contributed by atoms with E-state index in [-0.39, 0.29) is 5.57 Å². The Balaban J connectivity index is 4.56. The lowest BCUT2D eigenvalue weighted by Crippen LogP contribution is -1.71. The summed E-state index contributed by atoms with van der Waals surface area (Å²) in [5.74, 6) is 1.30. The molecule has 0 aliphatic carbocycles.